The number of hydrogen-bond acceptors (Lipinski definition) is 5. The molecule has 0 spiro atoms. The molecule has 2 heterocycles. The smallest absolute Gasteiger partial charge is 0.228 e. The second-order valence-corrected chi connectivity index (χ2v) is 4.33. The number of likely N-dealkylation sites (N-methyl/N-ethyl adjacent to an activating group) is 1. The van der Waals surface area contributed by atoms with Gasteiger partial charge in [0.2, 0.25) is 5.91 Å². The van der Waals surface area contributed by atoms with Crippen LogP contribution < -0.4 is 5.32 Å². The Morgan fingerprint density at radius 2 is 2.24 bits per heavy atom. The molecule has 0 atom stereocenters. The van der Waals surface area contributed by atoms with Crippen LogP contribution in [-0.4, -0.2) is 60.8 Å². The fourth-order valence-corrected chi connectivity index (χ4v) is 1.76. The summed E-state index contributed by atoms with van der Waals surface area (Å²) in [6.07, 6.45) is 1.80. The van der Waals surface area contributed by atoms with Crippen LogP contribution in [0.4, 0.5) is 0 Å². The molecule has 1 aliphatic rings. The third-order valence-electron chi connectivity index (χ3n) is 2.92. The zero-order valence-corrected chi connectivity index (χ0v) is 10.1. The van der Waals surface area contributed by atoms with Crippen molar-refractivity contribution in [2.45, 2.75) is 6.42 Å². The molecular formula is C11H18N4O2. The lowest BCUT2D eigenvalue weighted by Crippen LogP contribution is -2.48. The zero-order valence-electron chi connectivity index (χ0n) is 10.1. The molecule has 94 valence electrons. The number of aromatic nitrogens is 1. The van der Waals surface area contributed by atoms with Crippen LogP contribution in [-0.2, 0) is 11.2 Å². The molecule has 6 nitrogen and oxygen atoms in total. The average molecular weight is 238 g/mol. The lowest BCUT2D eigenvalue weighted by atomic mass is 10.3. The van der Waals surface area contributed by atoms with Crippen LogP contribution >= 0.6 is 0 Å². The molecule has 6 heteroatoms. The van der Waals surface area contributed by atoms with E-state index in [0.29, 0.717) is 12.4 Å². The maximum atomic E-state index is 11.6. The summed E-state index contributed by atoms with van der Waals surface area (Å²) in [4.78, 5) is 16.1. The molecule has 0 aromatic carbocycles. The van der Waals surface area contributed by atoms with Gasteiger partial charge in [0.1, 0.15) is 5.76 Å². The van der Waals surface area contributed by atoms with Crippen molar-refractivity contribution in [3.8, 4) is 0 Å². The molecule has 0 saturated carbocycles. The van der Waals surface area contributed by atoms with Gasteiger partial charge in [0.15, 0.2) is 0 Å². The number of carbonyl (C=O) groups is 1. The third kappa shape index (κ3) is 3.83. The Balaban J connectivity index is 1.66. The SMILES string of the molecule is CN1CCN(CNC(=O)Cc2ccno2)CC1. The van der Waals surface area contributed by atoms with Crippen molar-refractivity contribution in [2.24, 2.45) is 0 Å². The van der Waals surface area contributed by atoms with Crippen molar-refractivity contribution in [3.05, 3.63) is 18.0 Å². The van der Waals surface area contributed by atoms with Crippen molar-refractivity contribution in [1.82, 2.24) is 20.3 Å². The highest BCUT2D eigenvalue weighted by molar-refractivity contribution is 5.77. The lowest BCUT2D eigenvalue weighted by molar-refractivity contribution is -0.121. The number of rotatable bonds is 4. The first-order valence-corrected chi connectivity index (χ1v) is 5.81. The van der Waals surface area contributed by atoms with Gasteiger partial charge in [-0.25, -0.2) is 0 Å². The van der Waals surface area contributed by atoms with Crippen LogP contribution in [0.25, 0.3) is 0 Å². The molecule has 1 aliphatic heterocycles. The van der Waals surface area contributed by atoms with Crippen molar-refractivity contribution >= 4 is 5.91 Å². The van der Waals surface area contributed by atoms with Crippen molar-refractivity contribution in [2.75, 3.05) is 39.9 Å². The second kappa shape index (κ2) is 5.79. The van der Waals surface area contributed by atoms with E-state index in [1.165, 1.54) is 0 Å². The maximum absolute atomic E-state index is 11.6. The van der Waals surface area contributed by atoms with Gasteiger partial charge in [-0.3, -0.25) is 9.69 Å². The Bertz CT molecular complexity index is 344. The van der Waals surface area contributed by atoms with Crippen LogP contribution in [0.3, 0.4) is 0 Å². The van der Waals surface area contributed by atoms with Crippen LogP contribution in [0.5, 0.6) is 0 Å². The molecule has 0 radical (unpaired) electrons. The van der Waals surface area contributed by atoms with E-state index in [4.69, 9.17) is 4.52 Å². The largest absolute Gasteiger partial charge is 0.361 e. The van der Waals surface area contributed by atoms with Crippen molar-refractivity contribution < 1.29 is 9.32 Å². The molecule has 1 amide bonds. The fourth-order valence-electron chi connectivity index (χ4n) is 1.76. The topological polar surface area (TPSA) is 61.6 Å². The highest BCUT2D eigenvalue weighted by Crippen LogP contribution is 1.99. The normalized spacial score (nSPS) is 18.2. The minimum Gasteiger partial charge on any atom is -0.361 e. The first-order chi connectivity index (χ1) is 8.24. The van der Waals surface area contributed by atoms with Gasteiger partial charge in [-0.15, -0.1) is 0 Å². The van der Waals surface area contributed by atoms with Crippen molar-refractivity contribution in [3.63, 3.8) is 0 Å². The lowest BCUT2D eigenvalue weighted by Gasteiger charge is -2.32. The molecule has 0 unspecified atom stereocenters. The van der Waals surface area contributed by atoms with E-state index in [9.17, 15) is 4.79 Å². The Hall–Kier alpha value is -1.40. The van der Waals surface area contributed by atoms with E-state index in [1.807, 2.05) is 0 Å². The Morgan fingerprint density at radius 1 is 1.47 bits per heavy atom. The molecule has 0 aliphatic carbocycles. The highest BCUT2D eigenvalue weighted by Gasteiger charge is 2.14. The number of piperazine rings is 1. The van der Waals surface area contributed by atoms with E-state index in [0.717, 1.165) is 26.2 Å². The molecule has 1 saturated heterocycles. The monoisotopic (exact) mass is 238 g/mol. The minimum atomic E-state index is -0.0271. The highest BCUT2D eigenvalue weighted by atomic mass is 16.5. The number of amides is 1. The van der Waals surface area contributed by atoms with Gasteiger partial charge in [0.25, 0.3) is 0 Å². The molecule has 0 bridgehead atoms. The fraction of sp³-hybridized carbons (Fsp3) is 0.636. The van der Waals surface area contributed by atoms with Gasteiger partial charge >= 0.3 is 0 Å². The van der Waals surface area contributed by atoms with Gasteiger partial charge in [-0.2, -0.15) is 0 Å². The Morgan fingerprint density at radius 3 is 2.88 bits per heavy atom. The van der Waals surface area contributed by atoms with Gasteiger partial charge < -0.3 is 14.7 Å². The van der Waals surface area contributed by atoms with E-state index in [1.54, 1.807) is 12.3 Å². The van der Waals surface area contributed by atoms with Crippen molar-refractivity contribution in [1.29, 1.82) is 0 Å². The summed E-state index contributed by atoms with van der Waals surface area (Å²) in [5.41, 5.74) is 0. The molecule has 2 rings (SSSR count). The quantitative estimate of drug-likeness (QED) is 0.769. The Labute approximate surface area is 101 Å². The summed E-state index contributed by atoms with van der Waals surface area (Å²) >= 11 is 0. The van der Waals surface area contributed by atoms with Gasteiger partial charge in [0.05, 0.1) is 19.3 Å². The Kier molecular flexibility index (Phi) is 4.11. The summed E-state index contributed by atoms with van der Waals surface area (Å²) in [6, 6.07) is 1.70. The standard InChI is InChI=1S/C11H18N4O2/c1-14-4-6-15(7-5-14)9-12-11(16)8-10-2-3-13-17-10/h2-3H,4-9H2,1H3,(H,12,16). The first kappa shape index (κ1) is 12.1. The van der Waals surface area contributed by atoms with E-state index in [-0.39, 0.29) is 12.3 Å². The minimum absolute atomic E-state index is 0.0271. The summed E-state index contributed by atoms with van der Waals surface area (Å²) in [5.74, 6) is 0.571. The predicted octanol–water partition coefficient (Wildman–Crippen LogP) is -0.462. The molecule has 1 fully saturated rings. The second-order valence-electron chi connectivity index (χ2n) is 4.33. The van der Waals surface area contributed by atoms with Crippen LogP contribution in [0, 0.1) is 0 Å². The van der Waals surface area contributed by atoms with Gasteiger partial charge in [-0.05, 0) is 7.05 Å². The van der Waals surface area contributed by atoms with Crippen LogP contribution in [0.1, 0.15) is 5.76 Å². The van der Waals surface area contributed by atoms with Crippen LogP contribution in [0.15, 0.2) is 16.8 Å². The first-order valence-electron chi connectivity index (χ1n) is 5.81. The van der Waals surface area contributed by atoms with Crippen LogP contribution in [0.2, 0.25) is 0 Å². The summed E-state index contributed by atoms with van der Waals surface area (Å²) in [5, 5.41) is 6.45. The van der Waals surface area contributed by atoms with E-state index < -0.39 is 0 Å². The summed E-state index contributed by atoms with van der Waals surface area (Å²) < 4.78 is 4.88. The van der Waals surface area contributed by atoms with E-state index >= 15 is 0 Å². The number of nitrogens with one attached hydrogen (secondary N) is 1. The molecule has 1 aromatic heterocycles. The molecular weight excluding hydrogens is 220 g/mol. The van der Waals surface area contributed by atoms with Gasteiger partial charge in [-0.1, -0.05) is 5.16 Å². The number of hydrogen-bond donors (Lipinski definition) is 1. The number of nitrogens with zero attached hydrogens (tertiary/aromatic N) is 3. The molecule has 17 heavy (non-hydrogen) atoms. The van der Waals surface area contributed by atoms with Gasteiger partial charge in [0, 0.05) is 32.2 Å². The third-order valence-corrected chi connectivity index (χ3v) is 2.92. The maximum Gasteiger partial charge on any atom is 0.228 e. The summed E-state index contributed by atoms with van der Waals surface area (Å²) in [7, 11) is 2.11. The average Bonchev–Trinajstić information content (AvgIpc) is 2.81. The van der Waals surface area contributed by atoms with E-state index in [2.05, 4.69) is 27.3 Å². The molecule has 1 N–H and O–H groups in total. The predicted molar refractivity (Wildman–Crippen MR) is 62.3 cm³/mol. The summed E-state index contributed by atoms with van der Waals surface area (Å²) in [6.45, 7) is 4.72. The molecule has 1 aromatic rings. The number of carbonyl (C=O) groups excluding carboxylic acids is 1. The zero-order chi connectivity index (χ0) is 12.1.